The normalized spacial score (nSPS) is 16.7. The molecule has 2 fully saturated rings. The summed E-state index contributed by atoms with van der Waals surface area (Å²) < 4.78 is 0. The summed E-state index contributed by atoms with van der Waals surface area (Å²) in [5, 5.41) is 0. The molecule has 0 aromatic carbocycles. The van der Waals surface area contributed by atoms with Crippen molar-refractivity contribution < 1.29 is 19.4 Å². The molecule has 0 nitrogen and oxygen atoms in total. The predicted octanol–water partition coefficient (Wildman–Crippen LogP) is 5.38. The molecule has 2 aliphatic rings. The van der Waals surface area contributed by atoms with Crippen LogP contribution in [0.5, 0.6) is 0 Å². The molecule has 2 aliphatic carbocycles. The molecule has 0 spiro atoms. The van der Waals surface area contributed by atoms with E-state index in [1.54, 1.807) is 0 Å². The topological polar surface area (TPSA) is 0 Å². The summed E-state index contributed by atoms with van der Waals surface area (Å²) in [6, 6.07) is 0. The van der Waals surface area contributed by atoms with Crippen molar-refractivity contribution in [1.29, 1.82) is 0 Å². The molecule has 112 valence electrons. The van der Waals surface area contributed by atoms with E-state index in [9.17, 15) is 0 Å². The van der Waals surface area contributed by atoms with Crippen molar-refractivity contribution in [3.8, 4) is 11.8 Å². The predicted molar refractivity (Wildman–Crippen MR) is 90.7 cm³/mol. The average Bonchev–Trinajstić information content (AvgIpc) is 3.23. The van der Waals surface area contributed by atoms with Gasteiger partial charge in [0.25, 0.3) is 0 Å². The van der Waals surface area contributed by atoms with E-state index in [0.717, 1.165) is 6.42 Å². The van der Waals surface area contributed by atoms with Crippen molar-refractivity contribution in [2.75, 3.05) is 0 Å². The van der Waals surface area contributed by atoms with Crippen LogP contribution in [0.1, 0.15) is 33.1 Å². The third-order valence-corrected chi connectivity index (χ3v) is 2.29. The maximum atomic E-state index is 4.64. The number of hydrogen-bond acceptors (Lipinski definition) is 0. The molecule has 10 radical (unpaired) electrons. The quantitative estimate of drug-likeness (QED) is 0.281. The first-order valence-electron chi connectivity index (χ1n) is 7.02. The SMILES string of the molecule is [CH2-]C(C)CCCC#CC.[CH]1[CH][CH][CH][CH]1.[CH]1[CH][CH][CH][CH]1.[Cl][Ti+]. The Kier molecular flexibility index (Phi) is 25.9. The molecule has 2 saturated carbocycles. The van der Waals surface area contributed by atoms with Gasteiger partial charge in [-0.15, -0.1) is 11.8 Å². The molecule has 21 heavy (non-hydrogen) atoms. The second-order valence-electron chi connectivity index (χ2n) is 4.35. The molecule has 1 unspecified atom stereocenters. The first kappa shape index (κ1) is 23.8. The Balaban J connectivity index is 0. The molecule has 0 aromatic heterocycles. The Bertz CT molecular complexity index is 194. The molecule has 0 amide bonds. The van der Waals surface area contributed by atoms with Gasteiger partial charge in [-0.05, 0) is 77.6 Å². The van der Waals surface area contributed by atoms with Gasteiger partial charge in [-0.3, -0.25) is 0 Å². The van der Waals surface area contributed by atoms with Crippen molar-refractivity contribution in [3.63, 3.8) is 0 Å². The van der Waals surface area contributed by atoms with E-state index >= 15 is 0 Å². The van der Waals surface area contributed by atoms with Crippen LogP contribution in [0.2, 0.25) is 0 Å². The van der Waals surface area contributed by atoms with E-state index in [4.69, 9.17) is 0 Å². The number of unbranched alkanes of at least 4 members (excludes halogenated alkanes) is 1. The van der Waals surface area contributed by atoms with Crippen LogP contribution in [0.15, 0.2) is 0 Å². The third kappa shape index (κ3) is 25.8. The minimum absolute atomic E-state index is 0.587. The van der Waals surface area contributed by atoms with Gasteiger partial charge in [-0.1, -0.05) is 13.3 Å². The monoisotopic (exact) mass is 336 g/mol. The van der Waals surface area contributed by atoms with Crippen molar-refractivity contribution in [2.24, 2.45) is 5.92 Å². The van der Waals surface area contributed by atoms with Crippen LogP contribution in [-0.2, 0) is 19.4 Å². The summed E-state index contributed by atoms with van der Waals surface area (Å²) in [6.07, 6.45) is 23.4. The summed E-state index contributed by atoms with van der Waals surface area (Å²) in [6.45, 7) is 7.91. The molecular weight excluding hydrogens is 312 g/mol. The second kappa shape index (κ2) is 22.8. The fraction of sp³-hybridized carbons (Fsp3) is 0.316. The van der Waals surface area contributed by atoms with Crippen molar-refractivity contribution in [2.45, 2.75) is 33.1 Å². The third-order valence-electron chi connectivity index (χ3n) is 2.29. The summed E-state index contributed by atoms with van der Waals surface area (Å²) in [5.41, 5.74) is 0. The molecule has 1 atom stereocenters. The Morgan fingerprint density at radius 2 is 1.24 bits per heavy atom. The average molecular weight is 337 g/mol. The van der Waals surface area contributed by atoms with Crippen LogP contribution in [0, 0.1) is 88.9 Å². The van der Waals surface area contributed by atoms with Crippen molar-refractivity contribution in [1.82, 2.24) is 0 Å². The molecule has 0 aromatic rings. The van der Waals surface area contributed by atoms with Gasteiger partial charge in [-0.25, -0.2) is 0 Å². The number of halogens is 1. The summed E-state index contributed by atoms with van der Waals surface area (Å²) >= 11 is 1.47. The van der Waals surface area contributed by atoms with Gasteiger partial charge in [0.2, 0.25) is 0 Å². The van der Waals surface area contributed by atoms with Crippen molar-refractivity contribution in [3.05, 3.63) is 71.1 Å². The van der Waals surface area contributed by atoms with E-state index in [0.29, 0.717) is 5.92 Å². The Hall–Kier alpha value is 0.564. The first-order chi connectivity index (χ1) is 10.3. The van der Waals surface area contributed by atoms with E-state index in [1.807, 2.05) is 71.1 Å². The van der Waals surface area contributed by atoms with Crippen LogP contribution < -0.4 is 0 Å². The molecule has 0 saturated heterocycles. The number of hydrogen-bond donors (Lipinski definition) is 0. The fourth-order valence-corrected chi connectivity index (χ4v) is 1.31. The van der Waals surface area contributed by atoms with E-state index in [1.165, 1.54) is 32.2 Å². The summed E-state index contributed by atoms with van der Waals surface area (Å²) in [4.78, 5) is 0. The van der Waals surface area contributed by atoms with Crippen LogP contribution in [-0.4, -0.2) is 0 Å². The van der Waals surface area contributed by atoms with Gasteiger partial charge in [0.05, 0.1) is 0 Å². The fourth-order valence-electron chi connectivity index (χ4n) is 1.31. The molecule has 0 N–H and O–H groups in total. The molecule has 2 heteroatoms. The number of rotatable bonds is 3. The Morgan fingerprint density at radius 3 is 1.48 bits per heavy atom. The standard InChI is InChI=1S/C9H15.2C5H5.ClH.Ti/c1-4-5-6-7-8-9(2)3;2*1-2-4-5-3-1;;/h9H,2,6-8H2,1,3H3;2*1-5H;1H;/q-1;;;;+2/p-1. The minimum atomic E-state index is 0.587. The maximum absolute atomic E-state index is 4.64. The zero-order chi connectivity index (χ0) is 16.2. The zero-order valence-electron chi connectivity index (χ0n) is 13.1. The van der Waals surface area contributed by atoms with Crippen LogP contribution >= 0.6 is 9.30 Å². The van der Waals surface area contributed by atoms with Gasteiger partial charge in [-0.2, -0.15) is 5.92 Å². The summed E-state index contributed by atoms with van der Waals surface area (Å²) in [7, 11) is 4.64. The van der Waals surface area contributed by atoms with Gasteiger partial charge >= 0.3 is 28.7 Å². The van der Waals surface area contributed by atoms with Gasteiger partial charge in [0, 0.05) is 6.42 Å². The van der Waals surface area contributed by atoms with Gasteiger partial charge in [0.15, 0.2) is 0 Å². The first-order valence-corrected chi connectivity index (χ1v) is 9.17. The molecular formula is C19H25ClTi. The molecule has 2 rings (SSSR count). The second-order valence-corrected chi connectivity index (χ2v) is 4.35. The van der Waals surface area contributed by atoms with Crippen molar-refractivity contribution >= 4 is 9.30 Å². The van der Waals surface area contributed by atoms with E-state index in [2.05, 4.69) is 35.0 Å². The van der Waals surface area contributed by atoms with Gasteiger partial charge < -0.3 is 6.92 Å². The molecule has 0 bridgehead atoms. The van der Waals surface area contributed by atoms with Crippen LogP contribution in [0.25, 0.3) is 0 Å². The molecule has 0 heterocycles. The van der Waals surface area contributed by atoms with Crippen LogP contribution in [0.3, 0.4) is 0 Å². The van der Waals surface area contributed by atoms with Gasteiger partial charge in [0.1, 0.15) is 0 Å². The van der Waals surface area contributed by atoms with E-state index in [-0.39, 0.29) is 0 Å². The summed E-state index contributed by atoms with van der Waals surface area (Å²) in [5.74, 6) is 6.48. The molecule has 0 aliphatic heterocycles. The van der Waals surface area contributed by atoms with E-state index < -0.39 is 0 Å². The Labute approximate surface area is 150 Å². The van der Waals surface area contributed by atoms with Crippen LogP contribution in [0.4, 0.5) is 0 Å². The Morgan fingerprint density at radius 1 is 0.905 bits per heavy atom. The zero-order valence-corrected chi connectivity index (χ0v) is 15.4.